The molecule has 3 rings (SSSR count). The highest BCUT2D eigenvalue weighted by molar-refractivity contribution is 7.92. The zero-order valence-corrected chi connectivity index (χ0v) is 23.8. The van der Waals surface area contributed by atoms with Gasteiger partial charge in [0, 0.05) is 13.1 Å². The molecule has 39 heavy (non-hydrogen) atoms. The number of carbonyl (C=O) groups is 2. The molecule has 9 heteroatoms. The number of sulfonamides is 1. The maximum absolute atomic E-state index is 14.0. The summed E-state index contributed by atoms with van der Waals surface area (Å²) in [6.45, 7) is 5.93. The average Bonchev–Trinajstić information content (AvgIpc) is 2.95. The Hall–Kier alpha value is -3.85. The van der Waals surface area contributed by atoms with Gasteiger partial charge in [0.2, 0.25) is 11.8 Å². The first-order chi connectivity index (χ1) is 18.7. The molecular formula is C30H37N3O5S. The number of carbonyl (C=O) groups excluding carboxylic acids is 2. The highest BCUT2D eigenvalue weighted by Gasteiger charge is 2.33. The highest BCUT2D eigenvalue weighted by atomic mass is 32.2. The molecule has 3 aromatic carbocycles. The van der Waals surface area contributed by atoms with E-state index in [-0.39, 0.29) is 17.3 Å². The summed E-state index contributed by atoms with van der Waals surface area (Å²) in [6, 6.07) is 21.4. The van der Waals surface area contributed by atoms with Crippen LogP contribution >= 0.6 is 0 Å². The Bertz CT molecular complexity index is 1340. The van der Waals surface area contributed by atoms with E-state index >= 15 is 0 Å². The summed E-state index contributed by atoms with van der Waals surface area (Å²) in [5.41, 5.74) is 2.19. The van der Waals surface area contributed by atoms with Crippen LogP contribution in [0.15, 0.2) is 83.8 Å². The molecule has 208 valence electrons. The molecule has 0 bridgehead atoms. The molecule has 1 N–H and O–H groups in total. The third-order valence-corrected chi connectivity index (χ3v) is 8.13. The van der Waals surface area contributed by atoms with Gasteiger partial charge in [-0.3, -0.25) is 13.9 Å². The molecule has 0 aliphatic heterocycles. The number of rotatable bonds is 13. The van der Waals surface area contributed by atoms with E-state index in [1.165, 1.54) is 24.1 Å². The van der Waals surface area contributed by atoms with Gasteiger partial charge < -0.3 is 15.0 Å². The maximum Gasteiger partial charge on any atom is 0.264 e. The Morgan fingerprint density at radius 3 is 2.23 bits per heavy atom. The van der Waals surface area contributed by atoms with Crippen LogP contribution in [0.1, 0.15) is 37.8 Å². The number of hydrogen-bond donors (Lipinski definition) is 1. The van der Waals surface area contributed by atoms with Crippen LogP contribution in [-0.2, 0) is 26.2 Å². The van der Waals surface area contributed by atoms with Gasteiger partial charge in [0.1, 0.15) is 18.3 Å². The number of amides is 2. The number of methoxy groups -OCH3 is 1. The molecule has 0 aromatic heterocycles. The second kappa shape index (κ2) is 13.8. The summed E-state index contributed by atoms with van der Waals surface area (Å²) >= 11 is 0. The van der Waals surface area contributed by atoms with E-state index in [1.807, 2.05) is 45.0 Å². The highest BCUT2D eigenvalue weighted by Crippen LogP contribution is 2.26. The zero-order valence-electron chi connectivity index (χ0n) is 23.0. The minimum Gasteiger partial charge on any atom is -0.497 e. The van der Waals surface area contributed by atoms with Crippen molar-refractivity contribution in [1.82, 2.24) is 10.2 Å². The first-order valence-corrected chi connectivity index (χ1v) is 14.5. The van der Waals surface area contributed by atoms with E-state index in [4.69, 9.17) is 4.74 Å². The Balaban J connectivity index is 2.04. The lowest BCUT2D eigenvalue weighted by Gasteiger charge is -2.33. The summed E-state index contributed by atoms with van der Waals surface area (Å²) in [7, 11) is -2.58. The smallest absolute Gasteiger partial charge is 0.264 e. The molecule has 0 heterocycles. The minimum absolute atomic E-state index is 0.0617. The molecule has 0 fully saturated rings. The summed E-state index contributed by atoms with van der Waals surface area (Å²) in [5.74, 6) is -0.186. The van der Waals surface area contributed by atoms with Crippen LogP contribution in [-0.4, -0.2) is 51.4 Å². The van der Waals surface area contributed by atoms with Crippen LogP contribution in [0.2, 0.25) is 0 Å². The largest absolute Gasteiger partial charge is 0.497 e. The Labute approximate surface area is 231 Å². The van der Waals surface area contributed by atoms with Crippen molar-refractivity contribution in [2.24, 2.45) is 0 Å². The fourth-order valence-corrected chi connectivity index (χ4v) is 5.72. The van der Waals surface area contributed by atoms with Gasteiger partial charge in [-0.1, -0.05) is 61.9 Å². The molecule has 0 spiro atoms. The number of hydrogen-bond acceptors (Lipinski definition) is 5. The molecular weight excluding hydrogens is 514 g/mol. The molecule has 0 aliphatic rings. The van der Waals surface area contributed by atoms with Crippen molar-refractivity contribution >= 4 is 27.5 Å². The molecule has 0 aliphatic carbocycles. The van der Waals surface area contributed by atoms with Crippen molar-refractivity contribution in [1.29, 1.82) is 0 Å². The van der Waals surface area contributed by atoms with Crippen LogP contribution in [0, 0.1) is 6.92 Å². The Morgan fingerprint density at radius 1 is 0.949 bits per heavy atom. The third kappa shape index (κ3) is 7.60. The standard InChI is InChI=1S/C30H37N3O5S/c1-5-19-31-30(35)28(6-2)32(21-24-12-10-11-23(3)20-24)29(34)22-33(25-15-17-26(38-4)18-16-25)39(36,37)27-13-8-7-9-14-27/h7-18,20,28H,5-6,19,21-22H2,1-4H3,(H,31,35)/t28-/m0/s1. The van der Waals surface area contributed by atoms with Crippen LogP contribution in [0.5, 0.6) is 5.75 Å². The van der Waals surface area contributed by atoms with Crippen molar-refractivity contribution in [2.75, 3.05) is 24.5 Å². The van der Waals surface area contributed by atoms with Gasteiger partial charge in [0.15, 0.2) is 0 Å². The SMILES string of the molecule is CCCNC(=O)[C@H](CC)N(Cc1cccc(C)c1)C(=O)CN(c1ccc(OC)cc1)S(=O)(=O)c1ccccc1. The number of anilines is 1. The predicted octanol–water partition coefficient (Wildman–Crippen LogP) is 4.53. The number of nitrogens with zero attached hydrogens (tertiary/aromatic N) is 2. The Morgan fingerprint density at radius 2 is 1.64 bits per heavy atom. The maximum atomic E-state index is 14.0. The topological polar surface area (TPSA) is 96.0 Å². The van der Waals surface area contributed by atoms with E-state index in [1.54, 1.807) is 42.5 Å². The number of nitrogens with one attached hydrogen (secondary N) is 1. The lowest BCUT2D eigenvalue weighted by molar-refractivity contribution is -0.140. The normalized spacial score (nSPS) is 11.9. The van der Waals surface area contributed by atoms with Gasteiger partial charge in [-0.2, -0.15) is 0 Å². The van der Waals surface area contributed by atoms with E-state index < -0.39 is 28.5 Å². The van der Waals surface area contributed by atoms with Crippen LogP contribution in [0.3, 0.4) is 0 Å². The number of ether oxygens (including phenoxy) is 1. The summed E-state index contributed by atoms with van der Waals surface area (Å²) in [6.07, 6.45) is 1.13. The molecule has 0 radical (unpaired) electrons. The van der Waals surface area contributed by atoms with Crippen molar-refractivity contribution in [2.45, 2.75) is 51.1 Å². The second-order valence-corrected chi connectivity index (χ2v) is 11.1. The molecule has 8 nitrogen and oxygen atoms in total. The monoisotopic (exact) mass is 551 g/mol. The lowest BCUT2D eigenvalue weighted by atomic mass is 10.1. The molecule has 1 atom stereocenters. The first kappa shape index (κ1) is 29.7. The van der Waals surface area contributed by atoms with Crippen molar-refractivity contribution in [3.8, 4) is 5.75 Å². The van der Waals surface area contributed by atoms with E-state index in [0.29, 0.717) is 24.4 Å². The summed E-state index contributed by atoms with van der Waals surface area (Å²) in [5, 5.41) is 2.89. The molecule has 3 aromatic rings. The van der Waals surface area contributed by atoms with E-state index in [2.05, 4.69) is 5.32 Å². The van der Waals surface area contributed by atoms with Crippen LogP contribution in [0.4, 0.5) is 5.69 Å². The fourth-order valence-electron chi connectivity index (χ4n) is 4.29. The molecule has 0 saturated carbocycles. The van der Waals surface area contributed by atoms with Gasteiger partial charge in [-0.25, -0.2) is 8.42 Å². The van der Waals surface area contributed by atoms with Crippen molar-refractivity contribution in [3.63, 3.8) is 0 Å². The molecule has 0 saturated heterocycles. The first-order valence-electron chi connectivity index (χ1n) is 13.1. The van der Waals surface area contributed by atoms with Gasteiger partial charge in [-0.15, -0.1) is 0 Å². The summed E-state index contributed by atoms with van der Waals surface area (Å²) in [4.78, 5) is 28.7. The molecule has 0 unspecified atom stereocenters. The van der Waals surface area contributed by atoms with E-state index in [9.17, 15) is 18.0 Å². The minimum atomic E-state index is -4.10. The van der Waals surface area contributed by atoms with Gasteiger partial charge >= 0.3 is 0 Å². The van der Waals surface area contributed by atoms with Gasteiger partial charge in [-0.05, 0) is 61.7 Å². The van der Waals surface area contributed by atoms with Crippen LogP contribution < -0.4 is 14.4 Å². The van der Waals surface area contributed by atoms with Crippen LogP contribution in [0.25, 0.3) is 0 Å². The quantitative estimate of drug-likeness (QED) is 0.337. The zero-order chi connectivity index (χ0) is 28.4. The second-order valence-electron chi connectivity index (χ2n) is 9.25. The fraction of sp³-hybridized carbons (Fsp3) is 0.333. The van der Waals surface area contributed by atoms with Crippen molar-refractivity contribution < 1.29 is 22.7 Å². The lowest BCUT2D eigenvalue weighted by Crippen LogP contribution is -2.52. The van der Waals surface area contributed by atoms with Crippen molar-refractivity contribution in [3.05, 3.63) is 90.0 Å². The molecule has 2 amide bonds. The Kier molecular flexibility index (Phi) is 10.5. The average molecular weight is 552 g/mol. The number of aryl methyl sites for hydroxylation is 1. The number of benzene rings is 3. The summed E-state index contributed by atoms with van der Waals surface area (Å²) < 4.78 is 33.9. The van der Waals surface area contributed by atoms with E-state index in [0.717, 1.165) is 21.9 Å². The third-order valence-electron chi connectivity index (χ3n) is 6.34. The predicted molar refractivity (Wildman–Crippen MR) is 153 cm³/mol. The van der Waals surface area contributed by atoms with Gasteiger partial charge in [0.05, 0.1) is 17.7 Å². The van der Waals surface area contributed by atoms with Gasteiger partial charge in [0.25, 0.3) is 10.0 Å².